The van der Waals surface area contributed by atoms with Gasteiger partial charge in [-0.3, -0.25) is 24.2 Å². The van der Waals surface area contributed by atoms with E-state index in [1.54, 1.807) is 60.1 Å². The van der Waals surface area contributed by atoms with E-state index in [-0.39, 0.29) is 28.4 Å². The molecule has 10 heteroatoms. The summed E-state index contributed by atoms with van der Waals surface area (Å²) in [6, 6.07) is 18.1. The van der Waals surface area contributed by atoms with Crippen molar-refractivity contribution in [2.75, 3.05) is 4.72 Å². The highest BCUT2D eigenvalue weighted by Crippen LogP contribution is 2.27. The van der Waals surface area contributed by atoms with Gasteiger partial charge in [-0.2, -0.15) is 0 Å². The number of hydrogen-bond donors (Lipinski definition) is 1. The van der Waals surface area contributed by atoms with Gasteiger partial charge in [0.1, 0.15) is 5.69 Å². The lowest BCUT2D eigenvalue weighted by Crippen LogP contribution is -2.29. The molecule has 1 aliphatic rings. The number of rotatable bonds is 6. The molecule has 2 aromatic heterocycles. The highest BCUT2D eigenvalue weighted by atomic mass is 32.2. The first-order chi connectivity index (χ1) is 15.9. The van der Waals surface area contributed by atoms with Crippen LogP contribution in [0.3, 0.4) is 0 Å². The molecule has 0 aliphatic carbocycles. The number of sulfonamides is 1. The topological polar surface area (TPSA) is 109 Å². The summed E-state index contributed by atoms with van der Waals surface area (Å²) in [6.45, 7) is 0.0556. The van der Waals surface area contributed by atoms with E-state index in [0.717, 1.165) is 16.2 Å². The first kappa shape index (κ1) is 21.0. The Morgan fingerprint density at radius 1 is 0.848 bits per heavy atom. The van der Waals surface area contributed by atoms with E-state index >= 15 is 0 Å². The van der Waals surface area contributed by atoms with Crippen LogP contribution in [-0.4, -0.2) is 35.1 Å². The Morgan fingerprint density at radius 3 is 2.15 bits per heavy atom. The summed E-state index contributed by atoms with van der Waals surface area (Å²) < 4.78 is 28.0. The van der Waals surface area contributed by atoms with Gasteiger partial charge < -0.3 is 0 Å². The molecule has 1 aliphatic heterocycles. The van der Waals surface area contributed by atoms with Gasteiger partial charge in [0.25, 0.3) is 21.8 Å². The molecule has 1 N–H and O–H groups in total. The summed E-state index contributed by atoms with van der Waals surface area (Å²) in [5.41, 5.74) is 2.61. The van der Waals surface area contributed by atoms with Crippen molar-refractivity contribution in [3.8, 4) is 11.4 Å². The number of carbonyl (C=O) groups excluding carboxylic acids is 2. The normalized spacial score (nSPS) is 13.3. The minimum atomic E-state index is -3.86. The number of nitrogens with zero attached hydrogens (tertiary/aromatic N) is 3. The highest BCUT2D eigenvalue weighted by molar-refractivity contribution is 7.93. The summed E-state index contributed by atoms with van der Waals surface area (Å²) in [5.74, 6) is -0.720. The number of thiazole rings is 1. The first-order valence-corrected chi connectivity index (χ1v) is 12.2. The number of amides is 2. The molecule has 164 valence electrons. The van der Waals surface area contributed by atoms with Gasteiger partial charge in [0.05, 0.1) is 28.3 Å². The minimum absolute atomic E-state index is 0.0446. The van der Waals surface area contributed by atoms with Crippen molar-refractivity contribution < 1.29 is 18.0 Å². The molecule has 2 amide bonds. The molecule has 0 fully saturated rings. The molecule has 8 nitrogen and oxygen atoms in total. The van der Waals surface area contributed by atoms with Crippen LogP contribution in [0.2, 0.25) is 0 Å². The van der Waals surface area contributed by atoms with Crippen LogP contribution < -0.4 is 4.72 Å². The van der Waals surface area contributed by atoms with Gasteiger partial charge in [-0.25, -0.2) is 13.4 Å². The Labute approximate surface area is 193 Å². The molecule has 0 saturated heterocycles. The molecule has 0 radical (unpaired) electrons. The average molecular weight is 477 g/mol. The second-order valence-corrected chi connectivity index (χ2v) is 9.78. The van der Waals surface area contributed by atoms with E-state index in [2.05, 4.69) is 14.7 Å². The van der Waals surface area contributed by atoms with Gasteiger partial charge in [0, 0.05) is 11.6 Å². The summed E-state index contributed by atoms with van der Waals surface area (Å²) >= 11 is 1.16. The predicted octanol–water partition coefficient (Wildman–Crippen LogP) is 3.80. The van der Waals surface area contributed by atoms with Crippen molar-refractivity contribution in [2.24, 2.45) is 0 Å². The van der Waals surface area contributed by atoms with E-state index in [0.29, 0.717) is 28.1 Å². The van der Waals surface area contributed by atoms with Crippen molar-refractivity contribution in [1.29, 1.82) is 0 Å². The van der Waals surface area contributed by atoms with Crippen LogP contribution in [0.15, 0.2) is 83.2 Å². The Bertz CT molecular complexity index is 1430. The number of fused-ring (bicyclic) bond motifs is 1. The second kappa shape index (κ2) is 8.23. The number of benzene rings is 2. The van der Waals surface area contributed by atoms with E-state index < -0.39 is 10.0 Å². The average Bonchev–Trinajstić information content (AvgIpc) is 3.39. The molecular weight excluding hydrogens is 460 g/mol. The molecule has 0 saturated carbocycles. The number of aromatic nitrogens is 2. The van der Waals surface area contributed by atoms with Crippen LogP contribution in [-0.2, 0) is 16.6 Å². The van der Waals surface area contributed by atoms with Crippen LogP contribution in [0.5, 0.6) is 0 Å². The lowest BCUT2D eigenvalue weighted by atomic mass is 10.1. The molecule has 4 aromatic rings. The monoisotopic (exact) mass is 476 g/mol. The number of pyridine rings is 1. The molecule has 0 spiro atoms. The van der Waals surface area contributed by atoms with Crippen LogP contribution in [0.1, 0.15) is 26.3 Å². The van der Waals surface area contributed by atoms with Crippen LogP contribution in [0.4, 0.5) is 5.13 Å². The van der Waals surface area contributed by atoms with Crippen molar-refractivity contribution in [3.05, 3.63) is 95.0 Å². The summed E-state index contributed by atoms with van der Waals surface area (Å²) in [4.78, 5) is 34.8. The quantitative estimate of drug-likeness (QED) is 0.424. The fourth-order valence-electron chi connectivity index (χ4n) is 3.47. The van der Waals surface area contributed by atoms with E-state index in [4.69, 9.17) is 0 Å². The van der Waals surface area contributed by atoms with Crippen molar-refractivity contribution in [2.45, 2.75) is 11.4 Å². The van der Waals surface area contributed by atoms with E-state index in [1.165, 1.54) is 12.1 Å². The van der Waals surface area contributed by atoms with Gasteiger partial charge in [-0.15, -0.1) is 11.3 Å². The standard InChI is InChI=1S/C23H16N4O4S2/c28-21-17-5-1-2-6-18(17)22(29)27(21)13-15-8-10-16(11-9-15)33(30,31)26-23-25-20(14-32-23)19-7-3-4-12-24-19/h1-12,14H,13H2,(H,25,26). The number of anilines is 1. The Kier molecular flexibility index (Phi) is 5.23. The first-order valence-electron chi connectivity index (χ1n) is 9.86. The molecule has 0 atom stereocenters. The minimum Gasteiger partial charge on any atom is -0.270 e. The Morgan fingerprint density at radius 2 is 1.52 bits per heavy atom. The van der Waals surface area contributed by atoms with Gasteiger partial charge in [0.2, 0.25) is 0 Å². The molecule has 33 heavy (non-hydrogen) atoms. The smallest absolute Gasteiger partial charge is 0.263 e. The number of imide groups is 1. The van der Waals surface area contributed by atoms with Gasteiger partial charge in [0.15, 0.2) is 5.13 Å². The zero-order chi connectivity index (χ0) is 23.0. The summed E-state index contributed by atoms with van der Waals surface area (Å²) in [6.07, 6.45) is 1.64. The third-order valence-corrected chi connectivity index (χ3v) is 7.35. The van der Waals surface area contributed by atoms with E-state index in [9.17, 15) is 18.0 Å². The van der Waals surface area contributed by atoms with Crippen LogP contribution >= 0.6 is 11.3 Å². The zero-order valence-corrected chi connectivity index (χ0v) is 18.6. The van der Waals surface area contributed by atoms with Gasteiger partial charge in [-0.1, -0.05) is 30.3 Å². The Hall–Kier alpha value is -3.89. The van der Waals surface area contributed by atoms with Crippen LogP contribution in [0.25, 0.3) is 11.4 Å². The molecule has 0 bridgehead atoms. The SMILES string of the molecule is O=C1c2ccccc2C(=O)N1Cc1ccc(S(=O)(=O)Nc2nc(-c3ccccn3)cs2)cc1. The number of hydrogen-bond acceptors (Lipinski definition) is 7. The largest absolute Gasteiger partial charge is 0.270 e. The van der Waals surface area contributed by atoms with Gasteiger partial charge >= 0.3 is 0 Å². The maximum absolute atomic E-state index is 12.8. The predicted molar refractivity (Wildman–Crippen MR) is 123 cm³/mol. The molecule has 5 rings (SSSR count). The number of carbonyl (C=O) groups is 2. The fraction of sp³-hybridized carbons (Fsp3) is 0.0435. The van der Waals surface area contributed by atoms with Crippen LogP contribution in [0, 0.1) is 0 Å². The number of nitrogens with one attached hydrogen (secondary N) is 1. The zero-order valence-electron chi connectivity index (χ0n) is 17.0. The lowest BCUT2D eigenvalue weighted by Gasteiger charge is -2.14. The molecule has 2 aromatic carbocycles. The highest BCUT2D eigenvalue weighted by Gasteiger charge is 2.35. The molecule has 0 unspecified atom stereocenters. The molecule has 3 heterocycles. The van der Waals surface area contributed by atoms with Crippen molar-refractivity contribution >= 4 is 38.3 Å². The summed E-state index contributed by atoms with van der Waals surface area (Å²) in [7, 11) is -3.86. The third kappa shape index (κ3) is 4.01. The molecular formula is C23H16N4O4S2. The summed E-state index contributed by atoms with van der Waals surface area (Å²) in [5, 5.41) is 1.96. The fourth-order valence-corrected chi connectivity index (χ4v) is 5.42. The van der Waals surface area contributed by atoms with Crippen molar-refractivity contribution in [1.82, 2.24) is 14.9 Å². The lowest BCUT2D eigenvalue weighted by molar-refractivity contribution is 0.0642. The maximum Gasteiger partial charge on any atom is 0.263 e. The maximum atomic E-state index is 12.8. The third-order valence-electron chi connectivity index (χ3n) is 5.11. The van der Waals surface area contributed by atoms with E-state index in [1.807, 2.05) is 6.07 Å². The second-order valence-electron chi connectivity index (χ2n) is 7.24. The van der Waals surface area contributed by atoms with Crippen molar-refractivity contribution in [3.63, 3.8) is 0 Å². The Balaban J connectivity index is 1.30. The van der Waals surface area contributed by atoms with Gasteiger partial charge in [-0.05, 0) is 42.0 Å².